The number of halogens is 1. The van der Waals surface area contributed by atoms with Crippen LogP contribution in [-0.4, -0.2) is 11.1 Å². The van der Waals surface area contributed by atoms with Crippen LogP contribution >= 0.6 is 11.8 Å². The van der Waals surface area contributed by atoms with E-state index in [1.54, 1.807) is 31.2 Å². The van der Waals surface area contributed by atoms with Crippen molar-refractivity contribution in [3.8, 4) is 0 Å². The highest BCUT2D eigenvalue weighted by molar-refractivity contribution is 8.19. The number of nitrogens with two attached hydrogens (primary N) is 1. The molecule has 0 saturated carbocycles. The lowest BCUT2D eigenvalue weighted by Gasteiger charge is -2.13. The van der Waals surface area contributed by atoms with Crippen LogP contribution in [-0.2, 0) is 4.79 Å². The number of para-hydroxylation sites is 1. The van der Waals surface area contributed by atoms with Gasteiger partial charge in [0.15, 0.2) is 0 Å². The highest BCUT2D eigenvalue weighted by Crippen LogP contribution is 2.39. The van der Waals surface area contributed by atoms with Gasteiger partial charge in [-0.1, -0.05) is 24.3 Å². The summed E-state index contributed by atoms with van der Waals surface area (Å²) >= 11 is 0.804. The smallest absolute Gasteiger partial charge is 0.298 e. The number of carbonyl (C=O) groups is 2. The number of hydrogen-bond acceptors (Lipinski definition) is 4. The van der Waals surface area contributed by atoms with Gasteiger partial charge in [0.25, 0.3) is 11.1 Å². The van der Waals surface area contributed by atoms with Gasteiger partial charge in [0, 0.05) is 5.69 Å². The second-order valence-electron chi connectivity index (χ2n) is 5.04. The number of benzene rings is 2. The van der Waals surface area contributed by atoms with E-state index < -0.39 is 17.0 Å². The molecule has 2 aromatic carbocycles. The molecule has 0 bridgehead atoms. The van der Waals surface area contributed by atoms with Gasteiger partial charge in [-0.15, -0.1) is 0 Å². The molecule has 0 aliphatic carbocycles. The van der Waals surface area contributed by atoms with Crippen molar-refractivity contribution in [2.45, 2.75) is 6.92 Å². The summed E-state index contributed by atoms with van der Waals surface area (Å²) in [5.41, 5.74) is 7.67. The Morgan fingerprint density at radius 3 is 2.57 bits per heavy atom. The molecular formula is C17H13FN2O2S. The number of amides is 2. The molecule has 0 spiro atoms. The summed E-state index contributed by atoms with van der Waals surface area (Å²) in [6, 6.07) is 12.8. The highest BCUT2D eigenvalue weighted by Gasteiger charge is 2.38. The molecule has 6 heteroatoms. The molecular weight excluding hydrogens is 315 g/mol. The number of nitrogen functional groups attached to an aromatic ring is 1. The zero-order chi connectivity index (χ0) is 16.6. The van der Waals surface area contributed by atoms with Gasteiger partial charge in [-0.05, 0) is 54.1 Å². The third kappa shape index (κ3) is 2.73. The maximum Gasteiger partial charge on any atom is 0.298 e. The second kappa shape index (κ2) is 5.89. The van der Waals surface area contributed by atoms with Crippen LogP contribution in [0.1, 0.15) is 12.5 Å². The summed E-state index contributed by atoms with van der Waals surface area (Å²) < 4.78 is 13.9. The standard InChI is InChI=1S/C17H13FN2O2S/c1-10(11-5-4-6-12(19)9-11)15-16(21)20(17(22)23-15)14-8-3-2-7-13(14)18/h2-9H,19H2,1H3/b15-10-. The molecule has 1 aliphatic heterocycles. The Bertz CT molecular complexity index is 848. The molecule has 23 heavy (non-hydrogen) atoms. The Hall–Kier alpha value is -2.60. The van der Waals surface area contributed by atoms with Crippen molar-refractivity contribution < 1.29 is 14.0 Å². The third-order valence-electron chi connectivity index (χ3n) is 3.52. The van der Waals surface area contributed by atoms with Crippen LogP contribution in [0.4, 0.5) is 20.6 Å². The minimum atomic E-state index is -0.613. The van der Waals surface area contributed by atoms with Gasteiger partial charge in [0.05, 0.1) is 10.6 Å². The van der Waals surface area contributed by atoms with Crippen molar-refractivity contribution in [3.63, 3.8) is 0 Å². The van der Waals surface area contributed by atoms with Gasteiger partial charge in [0.1, 0.15) is 5.82 Å². The molecule has 2 aromatic rings. The molecule has 1 fully saturated rings. The van der Waals surface area contributed by atoms with Crippen molar-refractivity contribution in [1.82, 2.24) is 0 Å². The number of carbonyl (C=O) groups excluding carboxylic acids is 2. The van der Waals surface area contributed by atoms with Gasteiger partial charge in [-0.3, -0.25) is 9.59 Å². The predicted molar refractivity (Wildman–Crippen MR) is 90.3 cm³/mol. The first kappa shape index (κ1) is 15.3. The first-order chi connectivity index (χ1) is 11.0. The van der Waals surface area contributed by atoms with Crippen molar-refractivity contribution >= 4 is 39.9 Å². The minimum absolute atomic E-state index is 0.0367. The molecule has 116 valence electrons. The topological polar surface area (TPSA) is 63.4 Å². The maximum absolute atomic E-state index is 13.9. The summed E-state index contributed by atoms with van der Waals surface area (Å²) in [5, 5.41) is -0.515. The van der Waals surface area contributed by atoms with E-state index in [1.165, 1.54) is 18.2 Å². The molecule has 1 heterocycles. The van der Waals surface area contributed by atoms with Gasteiger partial charge < -0.3 is 5.73 Å². The van der Waals surface area contributed by atoms with Crippen molar-refractivity contribution in [1.29, 1.82) is 0 Å². The lowest BCUT2D eigenvalue weighted by molar-refractivity contribution is -0.113. The number of allylic oxidation sites excluding steroid dienone is 1. The van der Waals surface area contributed by atoms with E-state index in [9.17, 15) is 14.0 Å². The number of hydrogen-bond donors (Lipinski definition) is 1. The lowest BCUT2D eigenvalue weighted by Crippen LogP contribution is -2.28. The Morgan fingerprint density at radius 1 is 1.13 bits per heavy atom. The molecule has 1 aliphatic rings. The van der Waals surface area contributed by atoms with Crippen LogP contribution in [0.5, 0.6) is 0 Å². The highest BCUT2D eigenvalue weighted by atomic mass is 32.2. The molecule has 1 saturated heterocycles. The number of thioether (sulfide) groups is 1. The number of nitrogens with zero attached hydrogens (tertiary/aromatic N) is 1. The predicted octanol–water partition coefficient (Wildman–Crippen LogP) is 4.04. The Labute approximate surface area is 136 Å². The van der Waals surface area contributed by atoms with Crippen molar-refractivity contribution in [2.24, 2.45) is 0 Å². The second-order valence-corrected chi connectivity index (χ2v) is 6.00. The third-order valence-corrected chi connectivity index (χ3v) is 4.56. The van der Waals surface area contributed by atoms with Crippen molar-refractivity contribution in [2.75, 3.05) is 10.6 Å². The molecule has 0 atom stereocenters. The van der Waals surface area contributed by atoms with E-state index in [4.69, 9.17) is 5.73 Å². The molecule has 2 N–H and O–H groups in total. The molecule has 0 radical (unpaired) electrons. The fraction of sp³-hybridized carbons (Fsp3) is 0.0588. The Kier molecular flexibility index (Phi) is 3.92. The van der Waals surface area contributed by atoms with E-state index in [0.717, 1.165) is 22.2 Å². The normalized spacial score (nSPS) is 16.9. The average molecular weight is 328 g/mol. The van der Waals surface area contributed by atoms with Crippen LogP contribution in [0, 0.1) is 5.82 Å². The van der Waals surface area contributed by atoms with Gasteiger partial charge in [-0.2, -0.15) is 0 Å². The quantitative estimate of drug-likeness (QED) is 0.667. The van der Waals surface area contributed by atoms with Crippen LogP contribution < -0.4 is 10.6 Å². The summed E-state index contributed by atoms with van der Waals surface area (Å²) in [6.45, 7) is 1.74. The Balaban J connectivity index is 2.05. The van der Waals surface area contributed by atoms with Crippen LogP contribution in [0.15, 0.2) is 53.4 Å². The lowest BCUT2D eigenvalue weighted by atomic mass is 10.1. The summed E-state index contributed by atoms with van der Waals surface area (Å²) in [6.07, 6.45) is 0. The van der Waals surface area contributed by atoms with Crippen LogP contribution in [0.3, 0.4) is 0 Å². The monoisotopic (exact) mass is 328 g/mol. The molecule has 4 nitrogen and oxygen atoms in total. The summed E-state index contributed by atoms with van der Waals surface area (Å²) in [7, 11) is 0. The zero-order valence-corrected chi connectivity index (χ0v) is 13.1. The first-order valence-corrected chi connectivity index (χ1v) is 7.68. The molecule has 0 aromatic heterocycles. The SMILES string of the molecule is C/C(=C1/SC(=O)N(c2ccccc2F)C1=O)c1cccc(N)c1. The molecule has 2 amide bonds. The van der Waals surface area contributed by atoms with Crippen LogP contribution in [0.2, 0.25) is 0 Å². The summed E-state index contributed by atoms with van der Waals surface area (Å²) in [4.78, 5) is 25.9. The van der Waals surface area contributed by atoms with Gasteiger partial charge >= 0.3 is 0 Å². The van der Waals surface area contributed by atoms with E-state index in [0.29, 0.717) is 11.3 Å². The van der Waals surface area contributed by atoms with Gasteiger partial charge in [0.2, 0.25) is 0 Å². The van der Waals surface area contributed by atoms with E-state index in [1.807, 2.05) is 6.07 Å². The fourth-order valence-corrected chi connectivity index (χ4v) is 3.24. The maximum atomic E-state index is 13.9. The first-order valence-electron chi connectivity index (χ1n) is 6.86. The van der Waals surface area contributed by atoms with Gasteiger partial charge in [-0.25, -0.2) is 9.29 Å². The van der Waals surface area contributed by atoms with E-state index in [-0.39, 0.29) is 10.6 Å². The fourth-order valence-electron chi connectivity index (χ4n) is 2.34. The van der Waals surface area contributed by atoms with Crippen LogP contribution in [0.25, 0.3) is 5.57 Å². The summed E-state index contributed by atoms with van der Waals surface area (Å²) in [5.74, 6) is -1.14. The Morgan fingerprint density at radius 2 is 1.87 bits per heavy atom. The van der Waals surface area contributed by atoms with E-state index in [2.05, 4.69) is 0 Å². The minimum Gasteiger partial charge on any atom is -0.399 e. The van der Waals surface area contributed by atoms with Crippen molar-refractivity contribution in [3.05, 3.63) is 64.8 Å². The molecule has 3 rings (SSSR count). The number of anilines is 2. The van der Waals surface area contributed by atoms with E-state index >= 15 is 0 Å². The number of rotatable bonds is 2. The zero-order valence-electron chi connectivity index (χ0n) is 12.2. The largest absolute Gasteiger partial charge is 0.399 e. The average Bonchev–Trinajstić information content (AvgIpc) is 2.82. The molecule has 0 unspecified atom stereocenters. The number of imide groups is 1.